The molecule has 7 heteroatoms. The minimum atomic E-state index is -1.04. The number of alkyl carbamates (subject to hydrolysis) is 1. The highest BCUT2D eigenvalue weighted by Crippen LogP contribution is 2.44. The van der Waals surface area contributed by atoms with E-state index in [0.717, 1.165) is 54.4 Å². The largest absolute Gasteiger partial charge is 0.480 e. The number of carboxylic acid groups (broad SMARTS) is 1. The molecule has 2 aliphatic rings. The number of nitrogens with one attached hydrogen (secondary N) is 2. The molecule has 0 spiro atoms. The summed E-state index contributed by atoms with van der Waals surface area (Å²) in [4.78, 5) is 36.7. The van der Waals surface area contributed by atoms with E-state index in [9.17, 15) is 19.5 Å². The van der Waals surface area contributed by atoms with E-state index in [1.54, 1.807) is 0 Å². The van der Waals surface area contributed by atoms with E-state index in [-0.39, 0.29) is 18.4 Å². The Kier molecular flexibility index (Phi) is 6.96. The summed E-state index contributed by atoms with van der Waals surface area (Å²) in [6, 6.07) is 14.3. The lowest BCUT2D eigenvalue weighted by Gasteiger charge is -2.29. The molecule has 1 unspecified atom stereocenters. The van der Waals surface area contributed by atoms with Gasteiger partial charge < -0.3 is 20.5 Å². The molecule has 3 N–H and O–H groups in total. The molecule has 33 heavy (non-hydrogen) atoms. The second-order valence-electron chi connectivity index (χ2n) is 8.91. The SMILES string of the molecule is C[C@H](NC(=O)OCC1c2ccccc2-c2ccccc21)C(=O)NC(C(=O)O)C1CCCCC1. The molecule has 174 valence electrons. The third-order valence-corrected chi connectivity index (χ3v) is 6.76. The summed E-state index contributed by atoms with van der Waals surface area (Å²) < 4.78 is 5.48. The number of amides is 2. The standard InChI is InChI=1S/C26H30N2O5/c1-16(24(29)28-23(25(30)31)17-9-3-2-4-10-17)27-26(32)33-15-22-20-13-7-5-11-18(20)19-12-6-8-14-21(19)22/h5-8,11-14,16-17,22-23H,2-4,9-10,15H2,1H3,(H,27,32)(H,28,29)(H,30,31)/t16-,23?/m0/s1. The molecule has 0 bridgehead atoms. The molecule has 2 atom stereocenters. The molecule has 2 aromatic rings. The monoisotopic (exact) mass is 450 g/mol. The third kappa shape index (κ3) is 5.02. The second-order valence-corrected chi connectivity index (χ2v) is 8.91. The highest BCUT2D eigenvalue weighted by molar-refractivity contribution is 5.89. The number of carbonyl (C=O) groups is 3. The van der Waals surface area contributed by atoms with Crippen molar-refractivity contribution >= 4 is 18.0 Å². The minimum absolute atomic E-state index is 0.0741. The maximum absolute atomic E-state index is 12.6. The molecule has 1 fully saturated rings. The zero-order valence-electron chi connectivity index (χ0n) is 18.8. The molecule has 4 rings (SSSR count). The molecular formula is C26H30N2O5. The molecule has 0 heterocycles. The highest BCUT2D eigenvalue weighted by atomic mass is 16.5. The van der Waals surface area contributed by atoms with Crippen molar-refractivity contribution in [2.75, 3.05) is 6.61 Å². The van der Waals surface area contributed by atoms with Gasteiger partial charge in [0, 0.05) is 5.92 Å². The van der Waals surface area contributed by atoms with Crippen LogP contribution in [0.3, 0.4) is 0 Å². The van der Waals surface area contributed by atoms with Crippen LogP contribution < -0.4 is 10.6 Å². The molecular weight excluding hydrogens is 420 g/mol. The predicted octanol–water partition coefficient (Wildman–Crippen LogP) is 4.06. The van der Waals surface area contributed by atoms with Gasteiger partial charge in [0.15, 0.2) is 0 Å². The Labute approximate surface area is 193 Å². The highest BCUT2D eigenvalue weighted by Gasteiger charge is 2.33. The van der Waals surface area contributed by atoms with Crippen molar-refractivity contribution < 1.29 is 24.2 Å². The van der Waals surface area contributed by atoms with E-state index in [2.05, 4.69) is 22.8 Å². The van der Waals surface area contributed by atoms with Crippen molar-refractivity contribution in [3.05, 3.63) is 59.7 Å². The van der Waals surface area contributed by atoms with E-state index in [4.69, 9.17) is 4.74 Å². The van der Waals surface area contributed by atoms with Gasteiger partial charge in [-0.3, -0.25) is 4.79 Å². The average Bonchev–Trinajstić information content (AvgIpc) is 3.15. The van der Waals surface area contributed by atoms with Crippen molar-refractivity contribution in [3.63, 3.8) is 0 Å². The summed E-state index contributed by atoms with van der Waals surface area (Å²) in [7, 11) is 0. The zero-order valence-corrected chi connectivity index (χ0v) is 18.8. The normalized spacial score (nSPS) is 17.4. The van der Waals surface area contributed by atoms with Crippen LogP contribution in [0.25, 0.3) is 11.1 Å². The van der Waals surface area contributed by atoms with E-state index in [1.807, 2.05) is 36.4 Å². The molecule has 1 saturated carbocycles. The number of rotatable bonds is 7. The summed E-state index contributed by atoms with van der Waals surface area (Å²) in [6.45, 7) is 1.67. The van der Waals surface area contributed by atoms with Gasteiger partial charge in [0.25, 0.3) is 0 Å². The molecule has 0 radical (unpaired) electrons. The van der Waals surface area contributed by atoms with Gasteiger partial charge in [0.05, 0.1) is 0 Å². The van der Waals surface area contributed by atoms with Crippen LogP contribution in [0.15, 0.2) is 48.5 Å². The van der Waals surface area contributed by atoms with Crippen molar-refractivity contribution in [2.24, 2.45) is 5.92 Å². The number of aliphatic carboxylic acids is 1. The van der Waals surface area contributed by atoms with E-state index < -0.39 is 30.1 Å². The summed E-state index contributed by atoms with van der Waals surface area (Å²) in [5.74, 6) is -1.72. The van der Waals surface area contributed by atoms with Crippen LogP contribution in [-0.4, -0.2) is 41.8 Å². The summed E-state index contributed by atoms with van der Waals surface area (Å²) in [6.07, 6.45) is 3.90. The minimum Gasteiger partial charge on any atom is -0.480 e. The molecule has 2 aliphatic carbocycles. The van der Waals surface area contributed by atoms with E-state index in [0.29, 0.717) is 0 Å². The number of hydrogen-bond donors (Lipinski definition) is 3. The Hall–Kier alpha value is -3.35. The number of hydrogen-bond acceptors (Lipinski definition) is 4. The first kappa shape index (κ1) is 22.8. The van der Waals surface area contributed by atoms with Crippen molar-refractivity contribution in [1.82, 2.24) is 10.6 Å². The fourth-order valence-corrected chi connectivity index (χ4v) is 5.01. The molecule has 0 aliphatic heterocycles. The third-order valence-electron chi connectivity index (χ3n) is 6.76. The van der Waals surface area contributed by atoms with Crippen LogP contribution in [-0.2, 0) is 14.3 Å². The van der Waals surface area contributed by atoms with Crippen LogP contribution in [0.1, 0.15) is 56.1 Å². The molecule has 0 aromatic heterocycles. The summed E-state index contributed by atoms with van der Waals surface area (Å²) >= 11 is 0. The first-order valence-electron chi connectivity index (χ1n) is 11.6. The quantitative estimate of drug-likeness (QED) is 0.590. The number of carbonyl (C=O) groups excluding carboxylic acids is 2. The summed E-state index contributed by atoms with van der Waals surface area (Å²) in [5.41, 5.74) is 4.48. The zero-order chi connectivity index (χ0) is 23.4. The van der Waals surface area contributed by atoms with Gasteiger partial charge in [-0.05, 0) is 47.9 Å². The molecule has 0 saturated heterocycles. The number of benzene rings is 2. The van der Waals surface area contributed by atoms with Gasteiger partial charge in [-0.25, -0.2) is 9.59 Å². The topological polar surface area (TPSA) is 105 Å². The van der Waals surface area contributed by atoms with Gasteiger partial charge >= 0.3 is 12.1 Å². The fourth-order valence-electron chi connectivity index (χ4n) is 5.01. The van der Waals surface area contributed by atoms with Crippen LogP contribution in [0, 0.1) is 5.92 Å². The Morgan fingerprint density at radius 2 is 1.52 bits per heavy atom. The first-order valence-corrected chi connectivity index (χ1v) is 11.6. The van der Waals surface area contributed by atoms with E-state index in [1.165, 1.54) is 6.92 Å². The van der Waals surface area contributed by atoms with Crippen LogP contribution >= 0.6 is 0 Å². The Morgan fingerprint density at radius 3 is 2.09 bits per heavy atom. The van der Waals surface area contributed by atoms with Crippen molar-refractivity contribution in [1.29, 1.82) is 0 Å². The Balaban J connectivity index is 1.33. The van der Waals surface area contributed by atoms with Crippen molar-refractivity contribution in [2.45, 2.75) is 57.0 Å². The van der Waals surface area contributed by atoms with Crippen LogP contribution in [0.4, 0.5) is 4.79 Å². The fraction of sp³-hybridized carbons (Fsp3) is 0.423. The maximum Gasteiger partial charge on any atom is 0.407 e. The molecule has 7 nitrogen and oxygen atoms in total. The summed E-state index contributed by atoms with van der Waals surface area (Å²) in [5, 5.41) is 14.7. The van der Waals surface area contributed by atoms with Gasteiger partial charge in [-0.1, -0.05) is 67.8 Å². The average molecular weight is 451 g/mol. The molecule has 2 amide bonds. The predicted molar refractivity (Wildman–Crippen MR) is 124 cm³/mol. The van der Waals surface area contributed by atoms with Gasteiger partial charge in [0.2, 0.25) is 5.91 Å². The first-order chi connectivity index (χ1) is 16.0. The van der Waals surface area contributed by atoms with E-state index >= 15 is 0 Å². The lowest BCUT2D eigenvalue weighted by atomic mass is 9.84. The molecule has 2 aromatic carbocycles. The Morgan fingerprint density at radius 1 is 0.939 bits per heavy atom. The van der Waals surface area contributed by atoms with Crippen LogP contribution in [0.2, 0.25) is 0 Å². The number of fused-ring (bicyclic) bond motifs is 3. The van der Waals surface area contributed by atoms with Crippen molar-refractivity contribution in [3.8, 4) is 11.1 Å². The number of carboxylic acids is 1. The Bertz CT molecular complexity index is 985. The van der Waals surface area contributed by atoms with Gasteiger partial charge in [-0.15, -0.1) is 0 Å². The van der Waals surface area contributed by atoms with Crippen LogP contribution in [0.5, 0.6) is 0 Å². The smallest absolute Gasteiger partial charge is 0.407 e. The second kappa shape index (κ2) is 10.1. The lowest BCUT2D eigenvalue weighted by Crippen LogP contribution is -2.53. The maximum atomic E-state index is 12.6. The number of ether oxygens (including phenoxy) is 1. The van der Waals surface area contributed by atoms with Gasteiger partial charge in [0.1, 0.15) is 18.7 Å². The lowest BCUT2D eigenvalue weighted by molar-refractivity contribution is -0.144. The van der Waals surface area contributed by atoms with Gasteiger partial charge in [-0.2, -0.15) is 0 Å².